The van der Waals surface area contributed by atoms with Gasteiger partial charge in [-0.1, -0.05) is 44.2 Å². The minimum absolute atomic E-state index is 0. The van der Waals surface area contributed by atoms with Crippen LogP contribution in [0.5, 0.6) is 5.75 Å². The van der Waals surface area contributed by atoms with Gasteiger partial charge >= 0.3 is 0 Å². The molecule has 1 amide bonds. The van der Waals surface area contributed by atoms with Gasteiger partial charge in [0.05, 0.1) is 5.54 Å². The largest absolute Gasteiger partial charge is 0.489 e. The van der Waals surface area contributed by atoms with Crippen molar-refractivity contribution < 1.29 is 9.53 Å². The van der Waals surface area contributed by atoms with Crippen LogP contribution in [0.2, 0.25) is 0 Å². The van der Waals surface area contributed by atoms with Gasteiger partial charge in [0.1, 0.15) is 12.4 Å². The number of halogens is 1. The fourth-order valence-electron chi connectivity index (χ4n) is 2.21. The lowest BCUT2D eigenvalue weighted by Gasteiger charge is -2.33. The van der Waals surface area contributed by atoms with Gasteiger partial charge in [-0.05, 0) is 42.7 Å². The fraction of sp³-hybridized carbons (Fsp3) is 0.350. The molecular weight excluding hydrogens is 336 g/mol. The summed E-state index contributed by atoms with van der Waals surface area (Å²) in [5, 5.41) is 3.03. The van der Waals surface area contributed by atoms with Crippen LogP contribution in [0.25, 0.3) is 0 Å². The average Bonchev–Trinajstić information content (AvgIpc) is 2.61. The first-order valence-corrected chi connectivity index (χ1v) is 8.24. The first-order valence-electron chi connectivity index (χ1n) is 8.24. The second kappa shape index (κ2) is 9.44. The minimum Gasteiger partial charge on any atom is -0.489 e. The molecule has 1 unspecified atom stereocenters. The molecule has 1 atom stereocenters. The van der Waals surface area contributed by atoms with Crippen molar-refractivity contribution in [3.05, 3.63) is 65.7 Å². The Morgan fingerprint density at radius 2 is 1.72 bits per heavy atom. The van der Waals surface area contributed by atoms with Gasteiger partial charge in [-0.15, -0.1) is 12.4 Å². The lowest BCUT2D eigenvalue weighted by Crippen LogP contribution is -2.55. The Bertz CT molecular complexity index is 659. The number of ether oxygens (including phenoxy) is 1. The molecule has 4 nitrogen and oxygen atoms in total. The van der Waals surface area contributed by atoms with Crippen molar-refractivity contribution in [1.82, 2.24) is 5.32 Å². The number of amides is 1. The number of nitrogens with one attached hydrogen (secondary N) is 1. The Kier molecular flexibility index (Phi) is 7.94. The summed E-state index contributed by atoms with van der Waals surface area (Å²) in [6, 6.07) is 17.1. The maximum atomic E-state index is 12.4. The Hall–Kier alpha value is -2.04. The first kappa shape index (κ1) is 21.0. The number of benzene rings is 2. The maximum absolute atomic E-state index is 12.4. The topological polar surface area (TPSA) is 64.3 Å². The highest BCUT2D eigenvalue weighted by molar-refractivity contribution is 5.94. The molecule has 2 aromatic carbocycles. The van der Waals surface area contributed by atoms with E-state index in [4.69, 9.17) is 10.5 Å². The highest BCUT2D eigenvalue weighted by atomic mass is 35.5. The van der Waals surface area contributed by atoms with Gasteiger partial charge in [0.15, 0.2) is 0 Å². The van der Waals surface area contributed by atoms with Gasteiger partial charge in [-0.3, -0.25) is 4.79 Å². The number of hydrogen-bond acceptors (Lipinski definition) is 3. The predicted octanol–water partition coefficient (Wildman–Crippen LogP) is 3.79. The molecular formula is C20H27ClN2O2. The smallest absolute Gasteiger partial charge is 0.251 e. The fourth-order valence-corrected chi connectivity index (χ4v) is 2.21. The second-order valence-electron chi connectivity index (χ2n) is 6.53. The van der Waals surface area contributed by atoms with E-state index in [1.165, 1.54) is 0 Å². The molecule has 136 valence electrons. The van der Waals surface area contributed by atoms with E-state index in [1.807, 2.05) is 63.2 Å². The summed E-state index contributed by atoms with van der Waals surface area (Å²) in [5.74, 6) is 0.868. The second-order valence-corrected chi connectivity index (χ2v) is 6.53. The zero-order valence-corrected chi connectivity index (χ0v) is 15.8. The standard InChI is InChI=1S/C20H26N2O2.ClH/c1-15(2)20(3,14-21)22-19(23)17-9-11-18(12-10-17)24-13-16-7-5-4-6-8-16;/h4-12,15H,13-14,21H2,1-3H3,(H,22,23);1H. The van der Waals surface area contributed by atoms with Crippen LogP contribution in [0.15, 0.2) is 54.6 Å². The average molecular weight is 363 g/mol. The van der Waals surface area contributed by atoms with Crippen molar-refractivity contribution >= 4 is 18.3 Å². The zero-order chi connectivity index (χ0) is 17.6. The van der Waals surface area contributed by atoms with E-state index < -0.39 is 5.54 Å². The van der Waals surface area contributed by atoms with E-state index in [-0.39, 0.29) is 24.2 Å². The Morgan fingerprint density at radius 3 is 2.24 bits per heavy atom. The number of carbonyl (C=O) groups is 1. The highest BCUT2D eigenvalue weighted by Gasteiger charge is 2.28. The predicted molar refractivity (Wildman–Crippen MR) is 104 cm³/mol. The number of rotatable bonds is 7. The molecule has 5 heteroatoms. The molecule has 0 aromatic heterocycles. The van der Waals surface area contributed by atoms with E-state index in [1.54, 1.807) is 12.1 Å². The van der Waals surface area contributed by atoms with E-state index in [2.05, 4.69) is 5.32 Å². The minimum atomic E-state index is -0.417. The van der Waals surface area contributed by atoms with Gasteiger partial charge in [0.2, 0.25) is 0 Å². The third-order valence-electron chi connectivity index (χ3n) is 4.46. The van der Waals surface area contributed by atoms with Crippen molar-refractivity contribution in [3.63, 3.8) is 0 Å². The van der Waals surface area contributed by atoms with Gasteiger partial charge in [0, 0.05) is 12.1 Å². The molecule has 0 saturated carbocycles. The van der Waals surface area contributed by atoms with Crippen molar-refractivity contribution in [1.29, 1.82) is 0 Å². The summed E-state index contributed by atoms with van der Waals surface area (Å²) >= 11 is 0. The van der Waals surface area contributed by atoms with Gasteiger partial charge in [-0.2, -0.15) is 0 Å². The van der Waals surface area contributed by atoms with Crippen molar-refractivity contribution in [2.45, 2.75) is 32.9 Å². The first-order chi connectivity index (χ1) is 11.4. The molecule has 0 bridgehead atoms. The highest BCUT2D eigenvalue weighted by Crippen LogP contribution is 2.18. The van der Waals surface area contributed by atoms with Crippen LogP contribution in [0.4, 0.5) is 0 Å². The maximum Gasteiger partial charge on any atom is 0.251 e. The number of carbonyl (C=O) groups excluding carboxylic acids is 1. The summed E-state index contributed by atoms with van der Waals surface area (Å²) in [4.78, 5) is 12.4. The van der Waals surface area contributed by atoms with Crippen LogP contribution in [-0.2, 0) is 6.61 Å². The Morgan fingerprint density at radius 1 is 1.12 bits per heavy atom. The SMILES string of the molecule is CC(C)C(C)(CN)NC(=O)c1ccc(OCc2ccccc2)cc1.Cl. The van der Waals surface area contributed by atoms with Crippen molar-refractivity contribution in [2.24, 2.45) is 11.7 Å². The molecule has 3 N–H and O–H groups in total. The molecule has 0 spiro atoms. The molecule has 0 aliphatic carbocycles. The van der Waals surface area contributed by atoms with Gasteiger partial charge in [-0.25, -0.2) is 0 Å². The van der Waals surface area contributed by atoms with E-state index in [0.717, 1.165) is 11.3 Å². The number of hydrogen-bond donors (Lipinski definition) is 2. The van der Waals surface area contributed by atoms with Gasteiger partial charge in [0.25, 0.3) is 5.91 Å². The summed E-state index contributed by atoms with van der Waals surface area (Å²) in [6.45, 7) is 6.97. The lowest BCUT2D eigenvalue weighted by atomic mass is 9.88. The molecule has 25 heavy (non-hydrogen) atoms. The third kappa shape index (κ3) is 5.76. The zero-order valence-electron chi connectivity index (χ0n) is 15.0. The lowest BCUT2D eigenvalue weighted by molar-refractivity contribution is 0.0883. The summed E-state index contributed by atoms with van der Waals surface area (Å²) < 4.78 is 5.74. The van der Waals surface area contributed by atoms with Crippen LogP contribution >= 0.6 is 12.4 Å². The van der Waals surface area contributed by atoms with Crippen LogP contribution in [0.1, 0.15) is 36.7 Å². The molecule has 0 radical (unpaired) electrons. The van der Waals surface area contributed by atoms with Crippen LogP contribution < -0.4 is 15.8 Å². The molecule has 0 fully saturated rings. The summed E-state index contributed by atoms with van der Waals surface area (Å²) in [5.41, 5.74) is 7.11. The molecule has 0 saturated heterocycles. The van der Waals surface area contributed by atoms with E-state index in [9.17, 15) is 4.79 Å². The molecule has 2 rings (SSSR count). The van der Waals surface area contributed by atoms with Crippen molar-refractivity contribution in [2.75, 3.05) is 6.54 Å². The molecule has 0 aliphatic rings. The Labute approximate surface area is 156 Å². The van der Waals surface area contributed by atoms with E-state index >= 15 is 0 Å². The van der Waals surface area contributed by atoms with Crippen molar-refractivity contribution in [3.8, 4) is 5.75 Å². The van der Waals surface area contributed by atoms with Crippen LogP contribution in [0, 0.1) is 5.92 Å². The Balaban J connectivity index is 0.00000312. The molecule has 0 aliphatic heterocycles. The summed E-state index contributed by atoms with van der Waals surface area (Å²) in [7, 11) is 0. The molecule has 2 aromatic rings. The number of nitrogens with two attached hydrogens (primary N) is 1. The normalized spacial score (nSPS) is 12.8. The summed E-state index contributed by atoms with van der Waals surface area (Å²) in [6.07, 6.45) is 0. The van der Waals surface area contributed by atoms with E-state index in [0.29, 0.717) is 18.7 Å². The third-order valence-corrected chi connectivity index (χ3v) is 4.46. The van der Waals surface area contributed by atoms with Crippen LogP contribution in [-0.4, -0.2) is 18.0 Å². The van der Waals surface area contributed by atoms with Gasteiger partial charge < -0.3 is 15.8 Å². The monoisotopic (exact) mass is 362 g/mol. The van der Waals surface area contributed by atoms with Crippen LogP contribution in [0.3, 0.4) is 0 Å². The quantitative estimate of drug-likeness (QED) is 0.787. The molecule has 0 heterocycles.